The number of ether oxygens (including phenoxy) is 2. The van der Waals surface area contributed by atoms with Gasteiger partial charge in [-0.2, -0.15) is 0 Å². The number of hydrogen-bond donors (Lipinski definition) is 2. The summed E-state index contributed by atoms with van der Waals surface area (Å²) in [5, 5.41) is 20.1. The van der Waals surface area contributed by atoms with E-state index >= 15 is 0 Å². The van der Waals surface area contributed by atoms with Gasteiger partial charge in [0.2, 0.25) is 0 Å². The fraction of sp³-hybridized carbons (Fsp3) is 0.429. The molecular formula is C21H25ClO4. The molecular weight excluding hydrogens is 352 g/mol. The first-order valence-corrected chi connectivity index (χ1v) is 9.41. The van der Waals surface area contributed by atoms with Crippen molar-refractivity contribution in [3.05, 3.63) is 64.2 Å². The average molecular weight is 377 g/mol. The molecule has 2 N–H and O–H groups in total. The minimum atomic E-state index is -0.462. The molecule has 1 aliphatic rings. The molecule has 0 bridgehead atoms. The van der Waals surface area contributed by atoms with Gasteiger partial charge in [0.1, 0.15) is 5.75 Å². The van der Waals surface area contributed by atoms with Crippen molar-refractivity contribution in [1.29, 1.82) is 0 Å². The molecule has 140 valence electrons. The Kier molecular flexibility index (Phi) is 6.54. The van der Waals surface area contributed by atoms with Crippen LogP contribution < -0.4 is 4.74 Å². The first-order chi connectivity index (χ1) is 12.6. The summed E-state index contributed by atoms with van der Waals surface area (Å²) in [6, 6.07) is 13.8. The Hall–Kier alpha value is -1.59. The van der Waals surface area contributed by atoms with Crippen LogP contribution in [0.2, 0.25) is 5.02 Å². The van der Waals surface area contributed by atoms with Gasteiger partial charge in [0.05, 0.1) is 31.5 Å². The average Bonchev–Trinajstić information content (AvgIpc) is 2.64. The summed E-state index contributed by atoms with van der Waals surface area (Å²) < 4.78 is 11.4. The normalized spacial score (nSPS) is 23.0. The van der Waals surface area contributed by atoms with Crippen LogP contribution >= 0.6 is 11.6 Å². The minimum absolute atomic E-state index is 0.0831. The fourth-order valence-electron chi connectivity index (χ4n) is 3.34. The highest BCUT2D eigenvalue weighted by Crippen LogP contribution is 2.33. The number of benzene rings is 2. The van der Waals surface area contributed by atoms with Crippen LogP contribution in [0.15, 0.2) is 42.5 Å². The Morgan fingerprint density at radius 3 is 2.62 bits per heavy atom. The molecule has 0 aliphatic carbocycles. The predicted molar refractivity (Wildman–Crippen MR) is 102 cm³/mol. The van der Waals surface area contributed by atoms with Crippen LogP contribution in [0.4, 0.5) is 0 Å². The second-order valence-electron chi connectivity index (χ2n) is 6.66. The van der Waals surface area contributed by atoms with Crippen LogP contribution in [0.1, 0.15) is 42.6 Å². The summed E-state index contributed by atoms with van der Waals surface area (Å²) in [5.41, 5.74) is 3.13. The summed E-state index contributed by atoms with van der Waals surface area (Å²) in [4.78, 5) is 0. The Morgan fingerprint density at radius 2 is 1.92 bits per heavy atom. The van der Waals surface area contributed by atoms with Gasteiger partial charge in [-0.25, -0.2) is 0 Å². The predicted octanol–water partition coefficient (Wildman–Crippen LogP) is 3.90. The van der Waals surface area contributed by atoms with E-state index in [0.717, 1.165) is 22.4 Å². The lowest BCUT2D eigenvalue weighted by molar-refractivity contribution is -0.113. The first kappa shape index (κ1) is 19.2. The van der Waals surface area contributed by atoms with Crippen LogP contribution in [0.25, 0.3) is 0 Å². The summed E-state index contributed by atoms with van der Waals surface area (Å²) >= 11 is 6.40. The summed E-state index contributed by atoms with van der Waals surface area (Å²) in [6.45, 7) is 2.53. The molecule has 0 amide bonds. The van der Waals surface area contributed by atoms with E-state index in [0.29, 0.717) is 30.9 Å². The molecule has 0 radical (unpaired) electrons. The van der Waals surface area contributed by atoms with Crippen molar-refractivity contribution in [2.24, 2.45) is 0 Å². The molecule has 0 saturated carbocycles. The van der Waals surface area contributed by atoms with Crippen LogP contribution in [0.3, 0.4) is 0 Å². The smallest absolute Gasteiger partial charge is 0.119 e. The van der Waals surface area contributed by atoms with E-state index in [-0.39, 0.29) is 18.8 Å². The zero-order valence-electron chi connectivity index (χ0n) is 14.9. The summed E-state index contributed by atoms with van der Waals surface area (Å²) in [6.07, 6.45) is 0.690. The van der Waals surface area contributed by atoms with Gasteiger partial charge in [0.25, 0.3) is 0 Å². The maximum Gasteiger partial charge on any atom is 0.119 e. The maximum absolute atomic E-state index is 10.0. The second kappa shape index (κ2) is 8.87. The van der Waals surface area contributed by atoms with E-state index in [1.165, 1.54) is 0 Å². The zero-order chi connectivity index (χ0) is 18.5. The van der Waals surface area contributed by atoms with E-state index in [4.69, 9.17) is 21.1 Å². The van der Waals surface area contributed by atoms with Gasteiger partial charge in [0, 0.05) is 17.9 Å². The lowest BCUT2D eigenvalue weighted by atomic mass is 9.94. The molecule has 0 spiro atoms. The van der Waals surface area contributed by atoms with E-state index in [1.54, 1.807) is 0 Å². The minimum Gasteiger partial charge on any atom is -0.494 e. The monoisotopic (exact) mass is 376 g/mol. The third kappa shape index (κ3) is 4.77. The highest BCUT2D eigenvalue weighted by molar-refractivity contribution is 6.31. The van der Waals surface area contributed by atoms with Gasteiger partial charge in [-0.1, -0.05) is 35.9 Å². The Bertz CT molecular complexity index is 716. The van der Waals surface area contributed by atoms with Crippen molar-refractivity contribution in [1.82, 2.24) is 0 Å². The topological polar surface area (TPSA) is 58.9 Å². The number of rotatable bonds is 6. The van der Waals surface area contributed by atoms with E-state index in [2.05, 4.69) is 0 Å². The lowest BCUT2D eigenvalue weighted by Gasteiger charge is -2.32. The van der Waals surface area contributed by atoms with Crippen LogP contribution in [0, 0.1) is 0 Å². The molecule has 0 aromatic heterocycles. The Labute approximate surface area is 159 Å². The lowest BCUT2D eigenvalue weighted by Crippen LogP contribution is -2.33. The first-order valence-electron chi connectivity index (χ1n) is 9.03. The number of hydrogen-bond acceptors (Lipinski definition) is 4. The molecule has 2 aromatic carbocycles. The molecule has 3 rings (SSSR count). The van der Waals surface area contributed by atoms with E-state index in [9.17, 15) is 10.2 Å². The Morgan fingerprint density at radius 1 is 1.15 bits per heavy atom. The van der Waals surface area contributed by atoms with E-state index in [1.807, 2.05) is 49.4 Å². The molecule has 5 heteroatoms. The van der Waals surface area contributed by atoms with Gasteiger partial charge in [-0.05, 0) is 48.2 Å². The third-order valence-corrected chi connectivity index (χ3v) is 5.02. The highest BCUT2D eigenvalue weighted by Gasteiger charge is 2.29. The standard InChI is InChI=1S/C21H25ClO4/c1-2-25-18-6-3-14(4-7-18)9-16-10-15(5-8-20(16)22)21-12-17(24)11-19(13-23)26-21/h3-8,10,17,19,21,23-24H,2,9,11-13H2,1H3/t17?,19-,21+/m0/s1. The van der Waals surface area contributed by atoms with Crippen molar-refractivity contribution in [3.8, 4) is 5.75 Å². The van der Waals surface area contributed by atoms with Crippen molar-refractivity contribution in [2.45, 2.75) is 44.5 Å². The fourth-order valence-corrected chi connectivity index (χ4v) is 3.53. The van der Waals surface area contributed by atoms with Crippen LogP contribution in [-0.4, -0.2) is 35.6 Å². The van der Waals surface area contributed by atoms with Gasteiger partial charge in [-0.15, -0.1) is 0 Å². The number of aliphatic hydroxyl groups is 2. The van der Waals surface area contributed by atoms with Crippen molar-refractivity contribution in [2.75, 3.05) is 13.2 Å². The molecule has 1 fully saturated rings. The summed E-state index contributed by atoms with van der Waals surface area (Å²) in [5.74, 6) is 0.857. The molecule has 1 aliphatic heterocycles. The quantitative estimate of drug-likeness (QED) is 0.802. The molecule has 26 heavy (non-hydrogen) atoms. The van der Waals surface area contributed by atoms with Crippen LogP contribution in [-0.2, 0) is 11.2 Å². The molecule has 4 nitrogen and oxygen atoms in total. The molecule has 1 saturated heterocycles. The number of aliphatic hydroxyl groups excluding tert-OH is 2. The molecule has 1 heterocycles. The Balaban J connectivity index is 1.77. The van der Waals surface area contributed by atoms with Gasteiger partial charge >= 0.3 is 0 Å². The molecule has 1 unspecified atom stereocenters. The largest absolute Gasteiger partial charge is 0.494 e. The highest BCUT2D eigenvalue weighted by atomic mass is 35.5. The number of halogens is 1. The third-order valence-electron chi connectivity index (χ3n) is 4.65. The summed E-state index contributed by atoms with van der Waals surface area (Å²) in [7, 11) is 0. The SMILES string of the molecule is CCOc1ccc(Cc2cc([C@H]3CC(O)C[C@@H](CO)O3)ccc2Cl)cc1. The van der Waals surface area contributed by atoms with Crippen molar-refractivity contribution >= 4 is 11.6 Å². The maximum atomic E-state index is 10.0. The van der Waals surface area contributed by atoms with Gasteiger partial charge < -0.3 is 19.7 Å². The molecule has 3 atom stereocenters. The van der Waals surface area contributed by atoms with Crippen molar-refractivity contribution in [3.63, 3.8) is 0 Å². The van der Waals surface area contributed by atoms with E-state index < -0.39 is 6.10 Å². The second-order valence-corrected chi connectivity index (χ2v) is 7.07. The van der Waals surface area contributed by atoms with Gasteiger partial charge in [-0.3, -0.25) is 0 Å². The zero-order valence-corrected chi connectivity index (χ0v) is 15.7. The van der Waals surface area contributed by atoms with Crippen LogP contribution in [0.5, 0.6) is 5.75 Å². The molecule has 2 aromatic rings. The van der Waals surface area contributed by atoms with Gasteiger partial charge in [0.15, 0.2) is 0 Å². The van der Waals surface area contributed by atoms with Crippen molar-refractivity contribution < 1.29 is 19.7 Å².